The molecule has 0 saturated heterocycles. The van der Waals surface area contributed by atoms with Gasteiger partial charge >= 0.3 is 0 Å². The minimum absolute atomic E-state index is 1.15. The maximum absolute atomic E-state index is 2.48. The van der Waals surface area contributed by atoms with Gasteiger partial charge in [0.05, 0.1) is 16.1 Å². The van der Waals surface area contributed by atoms with E-state index in [1.165, 1.54) is 73.6 Å². The van der Waals surface area contributed by atoms with Gasteiger partial charge in [0.1, 0.15) is 0 Å². The highest BCUT2D eigenvalue weighted by atomic mass is 32.1. The van der Waals surface area contributed by atoms with Crippen molar-refractivity contribution in [1.82, 2.24) is 0 Å². The molecule has 0 fully saturated rings. The number of nitrogens with zero attached hydrogens (tertiary/aromatic N) is 1. The van der Waals surface area contributed by atoms with Crippen LogP contribution in [0.4, 0.5) is 17.1 Å². The maximum atomic E-state index is 2.48. The normalized spacial score (nSPS) is 11.7. The zero-order valence-corrected chi connectivity index (χ0v) is 24.8. The van der Waals surface area contributed by atoms with Crippen LogP contribution in [0.5, 0.6) is 0 Å². The topological polar surface area (TPSA) is 3.24 Å². The van der Waals surface area contributed by atoms with Crippen LogP contribution in [0.2, 0.25) is 0 Å². The van der Waals surface area contributed by atoms with Gasteiger partial charge in [-0.05, 0) is 64.4 Å². The van der Waals surface area contributed by atoms with Crippen LogP contribution < -0.4 is 4.90 Å². The third kappa shape index (κ3) is 3.90. The van der Waals surface area contributed by atoms with E-state index in [2.05, 4.69) is 157 Å². The highest BCUT2D eigenvalue weighted by Crippen LogP contribution is 2.49. The Bertz CT molecular complexity index is 2450. The fourth-order valence-corrected chi connectivity index (χ4v) is 8.86. The number of hydrogen-bond acceptors (Lipinski definition) is 3. The summed E-state index contributed by atoms with van der Waals surface area (Å²) in [4.78, 5) is 2.48. The monoisotopic (exact) mass is 583 g/mol. The lowest BCUT2D eigenvalue weighted by Crippen LogP contribution is -2.10. The Morgan fingerprint density at radius 2 is 1.02 bits per heavy atom. The minimum Gasteiger partial charge on any atom is -0.308 e. The van der Waals surface area contributed by atoms with Crippen molar-refractivity contribution in [2.24, 2.45) is 0 Å². The van der Waals surface area contributed by atoms with Crippen molar-refractivity contribution < 1.29 is 0 Å². The second-order valence-corrected chi connectivity index (χ2v) is 13.0. The van der Waals surface area contributed by atoms with Gasteiger partial charge in [-0.15, -0.1) is 22.7 Å². The summed E-state index contributed by atoms with van der Waals surface area (Å²) in [6, 6.07) is 55.3. The Labute approximate surface area is 257 Å². The van der Waals surface area contributed by atoms with Gasteiger partial charge in [0.25, 0.3) is 0 Å². The van der Waals surface area contributed by atoms with E-state index < -0.39 is 0 Å². The molecule has 9 aromatic rings. The summed E-state index contributed by atoms with van der Waals surface area (Å²) in [6.45, 7) is 0. The summed E-state index contributed by atoms with van der Waals surface area (Å²) in [5.74, 6) is 0. The van der Waals surface area contributed by atoms with Crippen LogP contribution in [-0.2, 0) is 0 Å². The van der Waals surface area contributed by atoms with Crippen LogP contribution in [0.3, 0.4) is 0 Å². The average Bonchev–Trinajstić information content (AvgIpc) is 3.65. The Morgan fingerprint density at radius 1 is 0.372 bits per heavy atom. The number of anilines is 3. The molecule has 0 amide bonds. The molecular weight excluding hydrogens is 559 g/mol. The smallest absolute Gasteiger partial charge is 0.0640 e. The third-order valence-electron chi connectivity index (χ3n) is 8.46. The Hall–Kier alpha value is -4.96. The van der Waals surface area contributed by atoms with Crippen LogP contribution >= 0.6 is 22.7 Å². The number of fused-ring (bicyclic) bond motifs is 8. The first-order valence-electron chi connectivity index (χ1n) is 14.5. The molecule has 2 aromatic heterocycles. The first kappa shape index (κ1) is 24.6. The van der Waals surface area contributed by atoms with E-state index in [1.807, 2.05) is 22.7 Å². The van der Waals surface area contributed by atoms with E-state index in [0.717, 1.165) is 5.69 Å². The molecule has 202 valence electrons. The van der Waals surface area contributed by atoms with Gasteiger partial charge in [0.2, 0.25) is 0 Å². The molecule has 0 radical (unpaired) electrons. The van der Waals surface area contributed by atoms with Crippen LogP contribution in [0.25, 0.3) is 62.2 Å². The van der Waals surface area contributed by atoms with Crippen molar-refractivity contribution in [3.63, 3.8) is 0 Å². The Balaban J connectivity index is 1.34. The molecule has 0 aliphatic heterocycles. The van der Waals surface area contributed by atoms with Crippen molar-refractivity contribution in [3.05, 3.63) is 152 Å². The minimum atomic E-state index is 1.15. The van der Waals surface area contributed by atoms with E-state index in [0.29, 0.717) is 0 Å². The molecule has 2 heterocycles. The van der Waals surface area contributed by atoms with E-state index in [-0.39, 0.29) is 0 Å². The zero-order valence-electron chi connectivity index (χ0n) is 23.2. The second-order valence-electron chi connectivity index (χ2n) is 10.9. The van der Waals surface area contributed by atoms with E-state index in [4.69, 9.17) is 0 Å². The summed E-state index contributed by atoms with van der Waals surface area (Å²) < 4.78 is 5.24. The van der Waals surface area contributed by atoms with Gasteiger partial charge in [-0.1, -0.05) is 109 Å². The Morgan fingerprint density at radius 3 is 1.91 bits per heavy atom. The molecule has 0 spiro atoms. The highest BCUT2D eigenvalue weighted by Gasteiger charge is 2.22. The number of hydrogen-bond donors (Lipinski definition) is 0. The average molecular weight is 584 g/mol. The van der Waals surface area contributed by atoms with E-state index >= 15 is 0 Å². The molecule has 43 heavy (non-hydrogen) atoms. The predicted molar refractivity (Wildman–Crippen MR) is 190 cm³/mol. The lowest BCUT2D eigenvalue weighted by molar-refractivity contribution is 1.32. The highest BCUT2D eigenvalue weighted by molar-refractivity contribution is 7.26. The summed E-state index contributed by atoms with van der Waals surface area (Å²) in [7, 11) is 0. The molecule has 0 bridgehead atoms. The summed E-state index contributed by atoms with van der Waals surface area (Å²) in [6.07, 6.45) is 0. The van der Waals surface area contributed by atoms with Crippen LogP contribution in [0.15, 0.2) is 152 Å². The van der Waals surface area contributed by atoms with Gasteiger partial charge in [-0.2, -0.15) is 0 Å². The third-order valence-corrected chi connectivity index (χ3v) is 10.8. The first-order chi connectivity index (χ1) is 21.3. The molecule has 1 nitrogen and oxygen atoms in total. The van der Waals surface area contributed by atoms with Crippen molar-refractivity contribution in [2.45, 2.75) is 0 Å². The van der Waals surface area contributed by atoms with Crippen LogP contribution in [-0.4, -0.2) is 0 Å². The van der Waals surface area contributed by atoms with Gasteiger partial charge in [0.15, 0.2) is 0 Å². The fourth-order valence-electron chi connectivity index (χ4n) is 6.51. The molecule has 0 N–H and O–H groups in total. The lowest BCUT2D eigenvalue weighted by Gasteiger charge is -2.27. The van der Waals surface area contributed by atoms with Crippen molar-refractivity contribution in [3.8, 4) is 11.1 Å². The molecule has 0 saturated carbocycles. The molecule has 0 aliphatic carbocycles. The maximum Gasteiger partial charge on any atom is 0.0640 e. The summed E-state index contributed by atoms with van der Waals surface area (Å²) in [5.41, 5.74) is 6.01. The summed E-state index contributed by atoms with van der Waals surface area (Å²) >= 11 is 3.76. The van der Waals surface area contributed by atoms with E-state index in [9.17, 15) is 0 Å². The first-order valence-corrected chi connectivity index (χ1v) is 16.2. The zero-order chi connectivity index (χ0) is 28.3. The number of rotatable bonds is 4. The molecule has 7 aromatic carbocycles. The van der Waals surface area contributed by atoms with Gasteiger partial charge in [-0.25, -0.2) is 0 Å². The Kier molecular flexibility index (Phi) is 5.62. The lowest BCUT2D eigenvalue weighted by atomic mass is 10.0. The number of thiophene rings is 2. The molecule has 3 heteroatoms. The number of benzene rings is 7. The fraction of sp³-hybridized carbons (Fsp3) is 0. The van der Waals surface area contributed by atoms with Crippen LogP contribution in [0.1, 0.15) is 0 Å². The van der Waals surface area contributed by atoms with Crippen molar-refractivity contribution in [1.29, 1.82) is 0 Å². The van der Waals surface area contributed by atoms with Gasteiger partial charge in [-0.3, -0.25) is 0 Å². The largest absolute Gasteiger partial charge is 0.308 e. The standard InChI is InChI=1S/C40H25NS2/c1-2-10-26(11-3-1)27-20-23-29(24-21-27)41(33-16-9-19-36-39(33)31-14-6-7-18-35(31)42-36)34-17-8-15-32-38-30-13-5-4-12-28(30)22-25-37(38)43-40(32)34/h1-25H. The SMILES string of the molecule is c1ccc(-c2ccc(N(c3cccc4c3sc3ccc5ccccc5c34)c3cccc4sc5ccccc5c34)cc2)cc1. The molecule has 0 unspecified atom stereocenters. The van der Waals surface area contributed by atoms with Gasteiger partial charge < -0.3 is 4.90 Å². The quantitative estimate of drug-likeness (QED) is 0.199. The molecule has 0 aliphatic rings. The van der Waals surface area contributed by atoms with Crippen molar-refractivity contribution >= 4 is 90.9 Å². The van der Waals surface area contributed by atoms with Crippen LogP contribution in [0, 0.1) is 0 Å². The molecular formula is C40H25NS2. The van der Waals surface area contributed by atoms with Gasteiger partial charge in [0, 0.05) is 41.3 Å². The van der Waals surface area contributed by atoms with Crippen molar-refractivity contribution in [2.75, 3.05) is 4.90 Å². The predicted octanol–water partition coefficient (Wildman–Crippen LogP) is 12.7. The van der Waals surface area contributed by atoms with E-state index in [1.54, 1.807) is 0 Å². The molecule has 0 atom stereocenters. The summed E-state index contributed by atoms with van der Waals surface area (Å²) in [5, 5.41) is 7.86. The second kappa shape index (κ2) is 9.81. The molecule has 9 rings (SSSR count).